The highest BCUT2D eigenvalue weighted by molar-refractivity contribution is 5.73. The smallest absolute Gasteiger partial charge is 0.413 e. The first kappa shape index (κ1) is 15.2. The van der Waals surface area contributed by atoms with Crippen LogP contribution in [0.2, 0.25) is 0 Å². The zero-order valence-corrected chi connectivity index (χ0v) is 9.67. The fourth-order valence-electron chi connectivity index (χ4n) is 1.46. The summed E-state index contributed by atoms with van der Waals surface area (Å²) in [5, 5.41) is 1.66. The van der Waals surface area contributed by atoms with Gasteiger partial charge < -0.3 is 10.1 Å². The van der Waals surface area contributed by atoms with Gasteiger partial charge in [-0.3, -0.25) is 4.79 Å². The molecule has 0 aliphatic rings. The number of halogens is 5. The van der Waals surface area contributed by atoms with Crippen LogP contribution in [0.4, 0.5) is 22.0 Å². The van der Waals surface area contributed by atoms with Crippen LogP contribution >= 0.6 is 0 Å². The van der Waals surface area contributed by atoms with Crippen molar-refractivity contribution in [2.45, 2.75) is 25.8 Å². The molecule has 0 aromatic heterocycles. The second kappa shape index (κ2) is 5.85. The molecule has 1 atom stereocenters. The van der Waals surface area contributed by atoms with E-state index in [1.54, 1.807) is 5.32 Å². The molecule has 1 aromatic carbocycles. The molecule has 0 fully saturated rings. The molecule has 1 N–H and O–H groups in total. The molecule has 0 spiro atoms. The zero-order chi connectivity index (χ0) is 14.6. The molecule has 0 saturated carbocycles. The monoisotopic (exact) mass is 283 g/mol. The number of nitrogens with one attached hydrogen (secondary N) is 1. The summed E-state index contributed by atoms with van der Waals surface area (Å²) in [5.41, 5.74) is -0.578. The number of rotatable bonds is 4. The van der Waals surface area contributed by atoms with Gasteiger partial charge in [0.2, 0.25) is 5.91 Å². The average molecular weight is 283 g/mol. The van der Waals surface area contributed by atoms with Gasteiger partial charge in [-0.25, -0.2) is 0 Å². The highest BCUT2D eigenvalue weighted by atomic mass is 19.4. The molecule has 0 radical (unpaired) electrons. The van der Waals surface area contributed by atoms with Crippen molar-refractivity contribution in [1.29, 1.82) is 0 Å². The highest BCUT2D eigenvalue weighted by Crippen LogP contribution is 2.37. The molecule has 1 aromatic rings. The van der Waals surface area contributed by atoms with E-state index in [1.165, 1.54) is 12.1 Å². The Hall–Kier alpha value is -1.86. The molecule has 0 aliphatic heterocycles. The third kappa shape index (κ3) is 4.38. The Balaban J connectivity index is 3.18. The molecule has 0 heterocycles. The van der Waals surface area contributed by atoms with Gasteiger partial charge in [-0.05, 0) is 6.07 Å². The molecule has 1 unspecified atom stereocenters. The number of hydrogen-bond donors (Lipinski definition) is 1. The summed E-state index contributed by atoms with van der Waals surface area (Å²) >= 11 is 0. The lowest BCUT2D eigenvalue weighted by atomic mass is 10.1. The van der Waals surface area contributed by atoms with Gasteiger partial charge >= 0.3 is 12.8 Å². The largest absolute Gasteiger partial charge is 0.434 e. The van der Waals surface area contributed by atoms with E-state index in [9.17, 15) is 26.7 Å². The summed E-state index contributed by atoms with van der Waals surface area (Å²) in [4.78, 5) is 10.8. The lowest BCUT2D eigenvalue weighted by Gasteiger charge is -2.23. The van der Waals surface area contributed by atoms with Crippen LogP contribution in [0, 0.1) is 0 Å². The standard InChI is InChI=1S/C11H10F5NO2/c1-6(18)17-9(11(14,15)16)7-4-2-3-5-8(7)19-10(12)13/h2-5,9-10H,1H3,(H,17,18). The summed E-state index contributed by atoms with van der Waals surface area (Å²) in [5.74, 6) is -1.57. The molecular weight excluding hydrogens is 273 g/mol. The first-order valence-electron chi connectivity index (χ1n) is 5.09. The van der Waals surface area contributed by atoms with E-state index in [0.29, 0.717) is 0 Å². The van der Waals surface area contributed by atoms with Crippen LogP contribution in [-0.4, -0.2) is 18.7 Å². The molecule has 0 aliphatic carbocycles. The number of alkyl halides is 5. The van der Waals surface area contributed by atoms with E-state index in [0.717, 1.165) is 19.1 Å². The molecular formula is C11H10F5NO2. The molecule has 19 heavy (non-hydrogen) atoms. The van der Waals surface area contributed by atoms with Gasteiger partial charge in [-0.1, -0.05) is 18.2 Å². The first-order valence-corrected chi connectivity index (χ1v) is 5.09. The number of amides is 1. The quantitative estimate of drug-likeness (QED) is 0.863. The molecule has 1 rings (SSSR count). The lowest BCUT2D eigenvalue weighted by molar-refractivity contribution is -0.163. The Bertz CT molecular complexity index is 447. The molecule has 1 amide bonds. The van der Waals surface area contributed by atoms with E-state index in [-0.39, 0.29) is 0 Å². The van der Waals surface area contributed by atoms with Crippen LogP contribution in [0.25, 0.3) is 0 Å². The predicted molar refractivity (Wildman–Crippen MR) is 55.7 cm³/mol. The topological polar surface area (TPSA) is 38.3 Å². The maximum absolute atomic E-state index is 12.8. The van der Waals surface area contributed by atoms with Crippen LogP contribution in [0.1, 0.15) is 18.5 Å². The molecule has 3 nitrogen and oxygen atoms in total. The Morgan fingerprint density at radius 1 is 1.26 bits per heavy atom. The summed E-state index contributed by atoms with van der Waals surface area (Å²) in [6.07, 6.45) is -4.83. The average Bonchev–Trinajstić information content (AvgIpc) is 2.24. The first-order chi connectivity index (χ1) is 8.71. The van der Waals surface area contributed by atoms with Crippen molar-refractivity contribution in [3.05, 3.63) is 29.8 Å². The van der Waals surface area contributed by atoms with Crippen molar-refractivity contribution < 1.29 is 31.5 Å². The van der Waals surface area contributed by atoms with E-state index in [4.69, 9.17) is 0 Å². The Labute approximate surface area is 105 Å². The zero-order valence-electron chi connectivity index (χ0n) is 9.67. The van der Waals surface area contributed by atoms with Crippen LogP contribution in [0.5, 0.6) is 5.75 Å². The minimum Gasteiger partial charge on any atom is -0.434 e. The molecule has 0 saturated heterocycles. The second-order valence-corrected chi connectivity index (χ2v) is 3.59. The van der Waals surface area contributed by atoms with Crippen LogP contribution in [0.15, 0.2) is 24.3 Å². The van der Waals surface area contributed by atoms with Crippen molar-refractivity contribution in [2.24, 2.45) is 0 Å². The molecule has 106 valence electrons. The van der Waals surface area contributed by atoms with Crippen LogP contribution < -0.4 is 10.1 Å². The molecule has 0 bridgehead atoms. The Morgan fingerprint density at radius 2 is 1.84 bits per heavy atom. The SMILES string of the molecule is CC(=O)NC(c1ccccc1OC(F)F)C(F)(F)F. The number of carbonyl (C=O) groups excluding carboxylic acids is 1. The minimum atomic E-state index is -4.83. The van der Waals surface area contributed by atoms with Crippen molar-refractivity contribution >= 4 is 5.91 Å². The van der Waals surface area contributed by atoms with Gasteiger partial charge in [0.15, 0.2) is 6.04 Å². The Morgan fingerprint density at radius 3 is 2.32 bits per heavy atom. The number of ether oxygens (including phenoxy) is 1. The third-order valence-corrected chi connectivity index (χ3v) is 2.12. The van der Waals surface area contributed by atoms with E-state index < -0.39 is 36.0 Å². The van der Waals surface area contributed by atoms with E-state index in [1.807, 2.05) is 0 Å². The number of carbonyl (C=O) groups is 1. The van der Waals surface area contributed by atoms with E-state index >= 15 is 0 Å². The second-order valence-electron chi connectivity index (χ2n) is 3.59. The van der Waals surface area contributed by atoms with Gasteiger partial charge in [0.25, 0.3) is 0 Å². The Kier molecular flexibility index (Phi) is 4.68. The normalized spacial score (nSPS) is 13.2. The minimum absolute atomic E-state index is 0.578. The maximum atomic E-state index is 12.8. The van der Waals surface area contributed by atoms with E-state index in [2.05, 4.69) is 4.74 Å². The van der Waals surface area contributed by atoms with Crippen LogP contribution in [0.3, 0.4) is 0 Å². The fraction of sp³-hybridized carbons (Fsp3) is 0.364. The lowest BCUT2D eigenvalue weighted by Crippen LogP contribution is -2.37. The van der Waals surface area contributed by atoms with Crippen LogP contribution in [-0.2, 0) is 4.79 Å². The number of benzene rings is 1. The van der Waals surface area contributed by atoms with Crippen molar-refractivity contribution in [3.8, 4) is 5.75 Å². The summed E-state index contributed by atoms with van der Waals surface area (Å²) < 4.78 is 66.8. The summed E-state index contributed by atoms with van der Waals surface area (Å²) in [7, 11) is 0. The molecule has 8 heteroatoms. The van der Waals surface area contributed by atoms with Gasteiger partial charge in [0.1, 0.15) is 5.75 Å². The maximum Gasteiger partial charge on any atom is 0.413 e. The van der Waals surface area contributed by atoms with Gasteiger partial charge in [-0.15, -0.1) is 0 Å². The van der Waals surface area contributed by atoms with Gasteiger partial charge in [0.05, 0.1) is 0 Å². The predicted octanol–water partition coefficient (Wildman–Crippen LogP) is 3.03. The summed E-state index contributed by atoms with van der Waals surface area (Å²) in [6, 6.07) is 2.02. The van der Waals surface area contributed by atoms with Gasteiger partial charge in [-0.2, -0.15) is 22.0 Å². The fourth-order valence-corrected chi connectivity index (χ4v) is 1.46. The highest BCUT2D eigenvalue weighted by Gasteiger charge is 2.43. The summed E-state index contributed by atoms with van der Waals surface area (Å²) in [6.45, 7) is -2.36. The number of hydrogen-bond acceptors (Lipinski definition) is 2. The van der Waals surface area contributed by atoms with Crippen molar-refractivity contribution in [1.82, 2.24) is 5.32 Å². The van der Waals surface area contributed by atoms with Crippen molar-refractivity contribution in [3.63, 3.8) is 0 Å². The number of para-hydroxylation sites is 1. The van der Waals surface area contributed by atoms with Gasteiger partial charge in [0, 0.05) is 12.5 Å². The van der Waals surface area contributed by atoms with Crippen molar-refractivity contribution in [2.75, 3.05) is 0 Å². The third-order valence-electron chi connectivity index (χ3n) is 2.12.